The standard InChI is InChI=1S/C17H27N3O2S/c1-2-5-13-6-3-9-20(10-8-13)16(21)12-14(19-17(18)22)15-7-4-11-23-15/h4,7,11,13-14H,2-3,5-6,8-10,12H2,1H3,(H3,18,19,22)/t13-,14+/m1/s1. The molecular formula is C17H27N3O2S. The monoisotopic (exact) mass is 337 g/mol. The van der Waals surface area contributed by atoms with Crippen molar-refractivity contribution in [1.29, 1.82) is 0 Å². The SMILES string of the molecule is CCC[C@@H]1CCCN(C(=O)C[C@H](NC(N)=O)c2cccs2)CC1. The van der Waals surface area contributed by atoms with E-state index in [9.17, 15) is 9.59 Å². The summed E-state index contributed by atoms with van der Waals surface area (Å²) >= 11 is 1.53. The Hall–Kier alpha value is -1.56. The van der Waals surface area contributed by atoms with Gasteiger partial charge in [-0.15, -0.1) is 11.3 Å². The number of primary amides is 1. The first-order chi connectivity index (χ1) is 11.1. The summed E-state index contributed by atoms with van der Waals surface area (Å²) in [5.41, 5.74) is 5.26. The maximum Gasteiger partial charge on any atom is 0.312 e. The Bertz CT molecular complexity index is 504. The second-order valence-electron chi connectivity index (χ2n) is 6.25. The van der Waals surface area contributed by atoms with Gasteiger partial charge in [0, 0.05) is 18.0 Å². The number of hydrogen-bond donors (Lipinski definition) is 2. The lowest BCUT2D eigenvalue weighted by Crippen LogP contribution is -2.38. The number of likely N-dealkylation sites (tertiary alicyclic amines) is 1. The first-order valence-corrected chi connectivity index (χ1v) is 9.35. The third-order valence-electron chi connectivity index (χ3n) is 4.48. The molecule has 0 unspecified atom stereocenters. The summed E-state index contributed by atoms with van der Waals surface area (Å²) in [4.78, 5) is 26.8. The molecule has 1 aliphatic heterocycles. The lowest BCUT2D eigenvalue weighted by Gasteiger charge is -2.24. The zero-order valence-corrected chi connectivity index (χ0v) is 14.6. The molecule has 3 amide bonds. The molecule has 1 aromatic heterocycles. The maximum atomic E-state index is 12.6. The molecule has 1 aromatic rings. The summed E-state index contributed by atoms with van der Waals surface area (Å²) < 4.78 is 0. The van der Waals surface area contributed by atoms with Gasteiger partial charge in [0.2, 0.25) is 5.91 Å². The van der Waals surface area contributed by atoms with E-state index in [-0.39, 0.29) is 18.4 Å². The first kappa shape index (κ1) is 17.8. The smallest absolute Gasteiger partial charge is 0.312 e. The molecule has 2 heterocycles. The van der Waals surface area contributed by atoms with Gasteiger partial charge in [0.25, 0.3) is 0 Å². The molecule has 0 spiro atoms. The molecule has 0 radical (unpaired) electrons. The molecule has 5 nitrogen and oxygen atoms in total. The molecule has 1 saturated heterocycles. The summed E-state index contributed by atoms with van der Waals surface area (Å²) in [6.45, 7) is 3.87. The number of nitrogens with two attached hydrogens (primary N) is 1. The lowest BCUT2D eigenvalue weighted by molar-refractivity contribution is -0.131. The minimum absolute atomic E-state index is 0.106. The summed E-state index contributed by atoms with van der Waals surface area (Å²) in [5.74, 6) is 0.851. The van der Waals surface area contributed by atoms with Gasteiger partial charge in [-0.3, -0.25) is 4.79 Å². The largest absolute Gasteiger partial charge is 0.352 e. The summed E-state index contributed by atoms with van der Waals surface area (Å²) in [6.07, 6.45) is 6.12. The number of hydrogen-bond acceptors (Lipinski definition) is 3. The van der Waals surface area contributed by atoms with Gasteiger partial charge in [0.15, 0.2) is 0 Å². The van der Waals surface area contributed by atoms with Crippen LogP contribution in [0.3, 0.4) is 0 Å². The minimum Gasteiger partial charge on any atom is -0.352 e. The van der Waals surface area contributed by atoms with Crippen molar-refractivity contribution in [2.24, 2.45) is 11.7 Å². The molecule has 1 fully saturated rings. The predicted octanol–water partition coefficient (Wildman–Crippen LogP) is 3.28. The first-order valence-electron chi connectivity index (χ1n) is 8.47. The summed E-state index contributed by atoms with van der Waals surface area (Å²) in [6, 6.07) is 2.93. The van der Waals surface area contributed by atoms with E-state index < -0.39 is 6.03 Å². The van der Waals surface area contributed by atoms with Gasteiger partial charge in [-0.05, 0) is 36.6 Å². The average Bonchev–Trinajstić information content (AvgIpc) is 2.93. The molecular weight excluding hydrogens is 310 g/mol. The van der Waals surface area contributed by atoms with Gasteiger partial charge < -0.3 is 16.0 Å². The third-order valence-corrected chi connectivity index (χ3v) is 5.47. The van der Waals surface area contributed by atoms with Crippen molar-refractivity contribution < 1.29 is 9.59 Å². The van der Waals surface area contributed by atoms with E-state index in [0.29, 0.717) is 0 Å². The van der Waals surface area contributed by atoms with Crippen LogP contribution in [0.1, 0.15) is 56.4 Å². The fourth-order valence-corrected chi connectivity index (χ4v) is 4.08. The normalized spacial score (nSPS) is 19.9. The zero-order chi connectivity index (χ0) is 16.7. The van der Waals surface area contributed by atoms with Crippen LogP contribution in [0.25, 0.3) is 0 Å². The van der Waals surface area contributed by atoms with Crippen molar-refractivity contribution in [3.05, 3.63) is 22.4 Å². The molecule has 0 saturated carbocycles. The van der Waals surface area contributed by atoms with E-state index in [1.54, 1.807) is 0 Å². The second kappa shape index (κ2) is 8.91. The van der Waals surface area contributed by atoms with Crippen LogP contribution in [0.5, 0.6) is 0 Å². The summed E-state index contributed by atoms with van der Waals surface area (Å²) in [5, 5.41) is 4.64. The van der Waals surface area contributed by atoms with Crippen molar-refractivity contribution in [3.63, 3.8) is 0 Å². The van der Waals surface area contributed by atoms with Crippen LogP contribution in [0.4, 0.5) is 4.79 Å². The van der Waals surface area contributed by atoms with E-state index >= 15 is 0 Å². The van der Waals surface area contributed by atoms with Gasteiger partial charge in [0.05, 0.1) is 12.5 Å². The minimum atomic E-state index is -0.588. The number of thiophene rings is 1. The lowest BCUT2D eigenvalue weighted by atomic mass is 9.96. The number of carbonyl (C=O) groups is 2. The van der Waals surface area contributed by atoms with Crippen LogP contribution >= 0.6 is 11.3 Å². The summed E-state index contributed by atoms with van der Waals surface area (Å²) in [7, 11) is 0. The van der Waals surface area contributed by atoms with Gasteiger partial charge in [0.1, 0.15) is 0 Å². The van der Waals surface area contributed by atoms with Crippen LogP contribution in [0, 0.1) is 5.92 Å². The number of amides is 3. The molecule has 3 N–H and O–H groups in total. The quantitative estimate of drug-likeness (QED) is 0.836. The Morgan fingerprint density at radius 3 is 2.91 bits per heavy atom. The second-order valence-corrected chi connectivity index (χ2v) is 7.23. The van der Waals surface area contributed by atoms with Crippen molar-refractivity contribution >= 4 is 23.3 Å². The Labute approximate surface area is 142 Å². The number of rotatable bonds is 6. The molecule has 128 valence electrons. The number of urea groups is 1. The van der Waals surface area contributed by atoms with Crippen molar-refractivity contribution in [2.45, 2.75) is 51.5 Å². The van der Waals surface area contributed by atoms with Crippen LogP contribution < -0.4 is 11.1 Å². The maximum absolute atomic E-state index is 12.6. The van der Waals surface area contributed by atoms with E-state index in [0.717, 1.165) is 36.7 Å². The molecule has 0 aromatic carbocycles. The Balaban J connectivity index is 1.94. The van der Waals surface area contributed by atoms with Crippen LogP contribution in [0.15, 0.2) is 17.5 Å². The van der Waals surface area contributed by atoms with Crippen LogP contribution in [0.2, 0.25) is 0 Å². The van der Waals surface area contributed by atoms with Gasteiger partial charge >= 0.3 is 6.03 Å². The highest BCUT2D eigenvalue weighted by atomic mass is 32.1. The topological polar surface area (TPSA) is 75.4 Å². The Morgan fingerprint density at radius 2 is 2.26 bits per heavy atom. The highest BCUT2D eigenvalue weighted by molar-refractivity contribution is 7.10. The third kappa shape index (κ3) is 5.53. The predicted molar refractivity (Wildman–Crippen MR) is 93.2 cm³/mol. The van der Waals surface area contributed by atoms with Crippen molar-refractivity contribution in [2.75, 3.05) is 13.1 Å². The Morgan fingerprint density at radius 1 is 1.43 bits per heavy atom. The van der Waals surface area contributed by atoms with Crippen molar-refractivity contribution in [1.82, 2.24) is 10.2 Å². The molecule has 6 heteroatoms. The molecule has 1 aliphatic rings. The Kier molecular flexibility index (Phi) is 6.89. The molecule has 2 atom stereocenters. The fraction of sp³-hybridized carbons (Fsp3) is 0.647. The van der Waals surface area contributed by atoms with Crippen LogP contribution in [-0.2, 0) is 4.79 Å². The van der Waals surface area contributed by atoms with E-state index in [4.69, 9.17) is 5.73 Å². The van der Waals surface area contributed by atoms with Gasteiger partial charge in [-0.25, -0.2) is 4.79 Å². The molecule has 23 heavy (non-hydrogen) atoms. The average molecular weight is 337 g/mol. The van der Waals surface area contributed by atoms with E-state index in [1.165, 1.54) is 30.6 Å². The number of nitrogens with zero attached hydrogens (tertiary/aromatic N) is 1. The highest BCUT2D eigenvalue weighted by Crippen LogP contribution is 2.25. The van der Waals surface area contributed by atoms with Crippen molar-refractivity contribution in [3.8, 4) is 0 Å². The van der Waals surface area contributed by atoms with Gasteiger partial charge in [-0.2, -0.15) is 0 Å². The van der Waals surface area contributed by atoms with Gasteiger partial charge in [-0.1, -0.05) is 25.8 Å². The molecule has 0 aliphatic carbocycles. The van der Waals surface area contributed by atoms with E-state index in [2.05, 4.69) is 12.2 Å². The highest BCUT2D eigenvalue weighted by Gasteiger charge is 2.24. The molecule has 2 rings (SSSR count). The number of carbonyl (C=O) groups excluding carboxylic acids is 2. The van der Waals surface area contributed by atoms with Crippen LogP contribution in [-0.4, -0.2) is 29.9 Å². The zero-order valence-electron chi connectivity index (χ0n) is 13.8. The fourth-order valence-electron chi connectivity index (χ4n) is 3.30. The number of nitrogens with one attached hydrogen (secondary N) is 1. The molecule has 0 bridgehead atoms. The van der Waals surface area contributed by atoms with E-state index in [1.807, 2.05) is 22.4 Å².